The molecule has 11 nitrogen and oxygen atoms in total. The Kier molecular flexibility index (Phi) is 6.56. The molecule has 0 radical (unpaired) electrons. The van der Waals surface area contributed by atoms with Crippen LogP contribution in [0.15, 0.2) is 12.2 Å². The molecule has 3 rings (SSSR count). The molecule has 0 bridgehead atoms. The molecule has 2 unspecified atom stereocenters. The van der Waals surface area contributed by atoms with E-state index in [9.17, 15) is 28.1 Å². The Hall–Kier alpha value is -2.65. The Morgan fingerprint density at radius 2 is 2.03 bits per heavy atom. The number of carbonyl (C=O) groups excluding carboxylic acids is 3. The number of urea groups is 1. The molecule has 2 aliphatic heterocycles. The van der Waals surface area contributed by atoms with E-state index in [2.05, 4.69) is 5.32 Å². The lowest BCUT2D eigenvalue weighted by Gasteiger charge is -2.34. The van der Waals surface area contributed by atoms with E-state index in [0.29, 0.717) is 30.1 Å². The summed E-state index contributed by atoms with van der Waals surface area (Å²) in [6.07, 6.45) is 6.72. The third-order valence-electron chi connectivity index (χ3n) is 6.10. The highest BCUT2D eigenvalue weighted by Gasteiger charge is 2.67. The smallest absolute Gasteiger partial charge is 0.317 e. The Labute approximate surface area is 182 Å². The normalized spacial score (nSPS) is 31.9. The SMILES string of the molecule is CN1CCCC/C=C\C2CC2(C(N)=O)N(S(=O)(=O)N2CCC[C@H]2C#N)C(=O)CNC1=O. The number of nitriles is 1. The lowest BCUT2D eigenvalue weighted by Crippen LogP contribution is -2.60. The van der Waals surface area contributed by atoms with Crippen LogP contribution in [-0.4, -0.2) is 78.0 Å². The number of allylic oxidation sites excluding steroid dienone is 1. The van der Waals surface area contributed by atoms with Crippen molar-refractivity contribution in [2.75, 3.05) is 26.7 Å². The third-order valence-corrected chi connectivity index (χ3v) is 8.12. The van der Waals surface area contributed by atoms with Crippen molar-refractivity contribution in [2.45, 2.75) is 50.1 Å². The molecule has 4 amide bonds. The van der Waals surface area contributed by atoms with Crippen molar-refractivity contribution in [1.82, 2.24) is 18.8 Å². The Bertz CT molecular complexity index is 929. The number of rotatable bonds is 3. The molecule has 1 saturated carbocycles. The van der Waals surface area contributed by atoms with Crippen LogP contribution in [0.25, 0.3) is 0 Å². The number of hydrogen-bond donors (Lipinski definition) is 2. The molecule has 0 spiro atoms. The molecule has 3 aliphatic rings. The van der Waals surface area contributed by atoms with Gasteiger partial charge in [-0.25, -0.2) is 9.10 Å². The van der Waals surface area contributed by atoms with Crippen molar-refractivity contribution in [3.63, 3.8) is 0 Å². The summed E-state index contributed by atoms with van der Waals surface area (Å²) in [5.41, 5.74) is 3.89. The molecule has 0 aromatic heterocycles. The summed E-state index contributed by atoms with van der Waals surface area (Å²) in [7, 11) is -2.94. The van der Waals surface area contributed by atoms with Gasteiger partial charge in [0.05, 0.1) is 12.6 Å². The van der Waals surface area contributed by atoms with Gasteiger partial charge in [0.1, 0.15) is 11.6 Å². The first-order valence-electron chi connectivity index (χ1n) is 10.4. The van der Waals surface area contributed by atoms with E-state index in [1.54, 1.807) is 13.1 Å². The van der Waals surface area contributed by atoms with E-state index < -0.39 is 52.1 Å². The van der Waals surface area contributed by atoms with Crippen LogP contribution >= 0.6 is 0 Å². The van der Waals surface area contributed by atoms with E-state index in [1.165, 1.54) is 4.90 Å². The molecule has 0 aromatic rings. The third kappa shape index (κ3) is 4.24. The lowest BCUT2D eigenvalue weighted by atomic mass is 10.1. The predicted molar refractivity (Wildman–Crippen MR) is 110 cm³/mol. The Morgan fingerprint density at radius 1 is 1.29 bits per heavy atom. The second-order valence-electron chi connectivity index (χ2n) is 8.17. The minimum atomic E-state index is -4.52. The molecular weight excluding hydrogens is 424 g/mol. The maximum Gasteiger partial charge on any atom is 0.317 e. The van der Waals surface area contributed by atoms with Gasteiger partial charge in [-0.3, -0.25) is 9.59 Å². The number of hydrogen-bond acceptors (Lipinski definition) is 6. The van der Waals surface area contributed by atoms with Gasteiger partial charge in [0.15, 0.2) is 0 Å². The minimum Gasteiger partial charge on any atom is -0.368 e. The molecule has 12 heteroatoms. The molecule has 31 heavy (non-hydrogen) atoms. The van der Waals surface area contributed by atoms with Crippen LogP contribution < -0.4 is 11.1 Å². The number of nitrogens with one attached hydrogen (secondary N) is 1. The summed E-state index contributed by atoms with van der Waals surface area (Å²) in [6.45, 7) is -0.0597. The van der Waals surface area contributed by atoms with Gasteiger partial charge >= 0.3 is 16.2 Å². The molecular formula is C19H28N6O5S. The summed E-state index contributed by atoms with van der Waals surface area (Å²) in [4.78, 5) is 39.3. The van der Waals surface area contributed by atoms with Crippen LogP contribution in [-0.2, 0) is 19.8 Å². The fourth-order valence-corrected chi connectivity index (χ4v) is 6.34. The van der Waals surface area contributed by atoms with Gasteiger partial charge in [0, 0.05) is 26.1 Å². The van der Waals surface area contributed by atoms with Crippen LogP contribution in [0.3, 0.4) is 0 Å². The van der Waals surface area contributed by atoms with Crippen LogP contribution in [0.4, 0.5) is 4.79 Å². The van der Waals surface area contributed by atoms with Gasteiger partial charge in [-0.05, 0) is 38.5 Å². The summed E-state index contributed by atoms with van der Waals surface area (Å²) in [6, 6.07) is 0.498. The van der Waals surface area contributed by atoms with Gasteiger partial charge in [0.25, 0.3) is 5.91 Å². The number of nitrogens with zero attached hydrogens (tertiary/aromatic N) is 4. The highest BCUT2D eigenvalue weighted by atomic mass is 32.2. The van der Waals surface area contributed by atoms with Crippen molar-refractivity contribution >= 4 is 28.1 Å². The molecule has 170 valence electrons. The second-order valence-corrected chi connectivity index (χ2v) is 9.90. The maximum absolute atomic E-state index is 13.5. The van der Waals surface area contributed by atoms with Crippen LogP contribution in [0.1, 0.15) is 38.5 Å². The molecule has 2 fully saturated rings. The van der Waals surface area contributed by atoms with Crippen molar-refractivity contribution in [3.05, 3.63) is 12.2 Å². The molecule has 1 aliphatic carbocycles. The number of nitrogens with two attached hydrogens (primary N) is 1. The lowest BCUT2D eigenvalue weighted by molar-refractivity contribution is -0.134. The topological polar surface area (TPSA) is 157 Å². The summed E-state index contributed by atoms with van der Waals surface area (Å²) < 4.78 is 28.5. The highest BCUT2D eigenvalue weighted by molar-refractivity contribution is 7.87. The first kappa shape index (κ1) is 23.0. The fraction of sp³-hybridized carbons (Fsp3) is 0.684. The molecule has 0 aromatic carbocycles. The number of primary amides is 1. The minimum absolute atomic E-state index is 0.0643. The largest absolute Gasteiger partial charge is 0.368 e. The fourth-order valence-electron chi connectivity index (χ4n) is 4.26. The van der Waals surface area contributed by atoms with Gasteiger partial charge in [-0.2, -0.15) is 18.0 Å². The zero-order valence-electron chi connectivity index (χ0n) is 17.5. The Balaban J connectivity index is 2.02. The zero-order valence-corrected chi connectivity index (χ0v) is 18.3. The second kappa shape index (κ2) is 8.84. The average molecular weight is 453 g/mol. The Morgan fingerprint density at radius 3 is 2.71 bits per heavy atom. The molecule has 3 N–H and O–H groups in total. The average Bonchev–Trinajstić information content (AvgIpc) is 3.21. The van der Waals surface area contributed by atoms with Crippen molar-refractivity contribution in [2.24, 2.45) is 11.7 Å². The number of fused-ring (bicyclic) bond motifs is 1. The number of carbonyl (C=O) groups is 3. The van der Waals surface area contributed by atoms with Gasteiger partial charge < -0.3 is 16.0 Å². The summed E-state index contributed by atoms with van der Waals surface area (Å²) in [5, 5.41) is 11.8. The highest BCUT2D eigenvalue weighted by Crippen LogP contribution is 2.51. The van der Waals surface area contributed by atoms with E-state index in [-0.39, 0.29) is 13.0 Å². The van der Waals surface area contributed by atoms with E-state index in [1.807, 2.05) is 12.1 Å². The van der Waals surface area contributed by atoms with Crippen molar-refractivity contribution < 1.29 is 22.8 Å². The van der Waals surface area contributed by atoms with E-state index in [4.69, 9.17) is 5.73 Å². The quantitative estimate of drug-likeness (QED) is 0.558. The first-order chi connectivity index (χ1) is 14.7. The van der Waals surface area contributed by atoms with E-state index >= 15 is 0 Å². The molecule has 1 saturated heterocycles. The van der Waals surface area contributed by atoms with Crippen LogP contribution in [0.2, 0.25) is 0 Å². The standard InChI is InChI=1S/C19H28N6O5S/c1-23-9-5-3-2-4-7-14-11-19(14,17(21)27)25(16(26)13-22-18(23)28)31(29,30)24-10-6-8-15(24)12-20/h4,7,14-15H,2-3,5-6,8-11,13H2,1H3,(H2,21,27)(H,22,28)/b7-4-/t14?,15-,19?/m0/s1. The number of amides is 4. The van der Waals surface area contributed by atoms with E-state index in [0.717, 1.165) is 17.1 Å². The van der Waals surface area contributed by atoms with Crippen molar-refractivity contribution in [1.29, 1.82) is 5.26 Å². The van der Waals surface area contributed by atoms with Crippen LogP contribution in [0, 0.1) is 17.2 Å². The van der Waals surface area contributed by atoms with Crippen LogP contribution in [0.5, 0.6) is 0 Å². The maximum atomic E-state index is 13.5. The van der Waals surface area contributed by atoms with Gasteiger partial charge in [-0.15, -0.1) is 0 Å². The van der Waals surface area contributed by atoms with Gasteiger partial charge in [0.2, 0.25) is 5.91 Å². The first-order valence-corrected chi connectivity index (χ1v) is 11.8. The van der Waals surface area contributed by atoms with Gasteiger partial charge in [-0.1, -0.05) is 12.2 Å². The summed E-state index contributed by atoms with van der Waals surface area (Å²) in [5.74, 6) is -2.44. The molecule has 2 heterocycles. The monoisotopic (exact) mass is 452 g/mol. The predicted octanol–water partition coefficient (Wildman–Crippen LogP) is -0.327. The van der Waals surface area contributed by atoms with Crippen molar-refractivity contribution in [3.8, 4) is 6.07 Å². The summed E-state index contributed by atoms with van der Waals surface area (Å²) >= 11 is 0. The molecule has 3 atom stereocenters. The zero-order chi connectivity index (χ0) is 22.8.